The number of aromatic amines is 2. The molecule has 0 amide bonds. The van der Waals surface area contributed by atoms with Crippen molar-refractivity contribution >= 4 is 11.7 Å². The number of H-pyrrole nitrogens is 2. The minimum absolute atomic E-state index is 0.0484. The number of carbonyl (C=O) groups is 1. The molecular weight excluding hydrogens is 574 g/mol. The van der Waals surface area contributed by atoms with Gasteiger partial charge >= 0.3 is 5.97 Å². The maximum Gasteiger partial charge on any atom is 0.343 e. The standard InChI is InChI=1S/C34H29N5O6/c1-21-29(32(40)37(35-21)25-11-5-3-6-12-25)31(30-22(2)36-38(33(30)41)26-13-7-4-8-14-26)23-16-18-28(19-17-23)45-34(42)24-10-9-15-27(20-24)39(43)44/h3-16,18-20,23,31,35-36H,17H2,1-2H3. The minimum Gasteiger partial charge on any atom is -0.423 e. The second-order valence-electron chi connectivity index (χ2n) is 10.8. The molecule has 1 atom stereocenters. The van der Waals surface area contributed by atoms with Crippen LogP contribution in [0.15, 0.2) is 119 Å². The molecule has 45 heavy (non-hydrogen) atoms. The molecule has 1 aliphatic carbocycles. The van der Waals surface area contributed by atoms with Gasteiger partial charge in [-0.15, -0.1) is 0 Å². The smallest absolute Gasteiger partial charge is 0.343 e. The summed E-state index contributed by atoms with van der Waals surface area (Å²) in [6.45, 7) is 3.63. The number of para-hydroxylation sites is 2. The van der Waals surface area contributed by atoms with E-state index in [4.69, 9.17) is 4.74 Å². The van der Waals surface area contributed by atoms with E-state index in [0.29, 0.717) is 40.3 Å². The first-order valence-electron chi connectivity index (χ1n) is 14.3. The summed E-state index contributed by atoms with van der Waals surface area (Å²) in [5.74, 6) is -1.46. The largest absolute Gasteiger partial charge is 0.423 e. The number of aryl methyl sites for hydroxylation is 2. The van der Waals surface area contributed by atoms with Crippen LogP contribution in [0.5, 0.6) is 0 Å². The molecule has 0 spiro atoms. The van der Waals surface area contributed by atoms with E-state index in [-0.39, 0.29) is 34.0 Å². The van der Waals surface area contributed by atoms with E-state index in [1.165, 1.54) is 27.6 Å². The number of nitro groups is 1. The van der Waals surface area contributed by atoms with Gasteiger partial charge in [0.05, 0.1) is 21.9 Å². The summed E-state index contributed by atoms with van der Waals surface area (Å²) in [6, 6.07) is 23.7. The fourth-order valence-corrected chi connectivity index (χ4v) is 5.79. The van der Waals surface area contributed by atoms with Crippen molar-refractivity contribution in [3.8, 4) is 11.4 Å². The Hall–Kier alpha value is -5.97. The number of hydrogen-bond donors (Lipinski definition) is 2. The average molecular weight is 604 g/mol. The second kappa shape index (κ2) is 12.0. The zero-order valence-corrected chi connectivity index (χ0v) is 24.5. The molecule has 2 N–H and O–H groups in total. The van der Waals surface area contributed by atoms with E-state index in [0.717, 1.165) is 6.07 Å². The fourth-order valence-electron chi connectivity index (χ4n) is 5.79. The molecule has 0 fully saturated rings. The fraction of sp³-hybridized carbons (Fsp3) is 0.147. The molecule has 3 aromatic carbocycles. The van der Waals surface area contributed by atoms with Crippen molar-refractivity contribution in [2.75, 3.05) is 0 Å². The summed E-state index contributed by atoms with van der Waals surface area (Å²) >= 11 is 0. The molecule has 5 aromatic rings. The highest BCUT2D eigenvalue weighted by molar-refractivity contribution is 5.91. The van der Waals surface area contributed by atoms with E-state index >= 15 is 0 Å². The number of nitrogens with zero attached hydrogens (tertiary/aromatic N) is 3. The van der Waals surface area contributed by atoms with Crippen LogP contribution < -0.4 is 11.1 Å². The molecule has 0 bridgehead atoms. The zero-order valence-electron chi connectivity index (χ0n) is 24.5. The Bertz CT molecular complexity index is 1980. The summed E-state index contributed by atoms with van der Waals surface area (Å²) in [5.41, 5.74) is 2.79. The van der Waals surface area contributed by atoms with Gasteiger partial charge in [0.15, 0.2) is 0 Å². The van der Waals surface area contributed by atoms with Crippen LogP contribution in [0.1, 0.15) is 45.2 Å². The predicted molar refractivity (Wildman–Crippen MR) is 168 cm³/mol. The number of non-ortho nitro benzene ring substituents is 1. The molecule has 1 unspecified atom stereocenters. The van der Waals surface area contributed by atoms with Gasteiger partial charge in [-0.05, 0) is 68.7 Å². The van der Waals surface area contributed by atoms with E-state index in [2.05, 4.69) is 10.2 Å². The lowest BCUT2D eigenvalue weighted by Gasteiger charge is -2.25. The number of nitro benzene ring substituents is 1. The van der Waals surface area contributed by atoms with Gasteiger partial charge in [-0.25, -0.2) is 14.2 Å². The Morgan fingerprint density at radius 1 is 0.867 bits per heavy atom. The van der Waals surface area contributed by atoms with Crippen LogP contribution >= 0.6 is 0 Å². The van der Waals surface area contributed by atoms with Crippen molar-refractivity contribution in [3.05, 3.63) is 168 Å². The van der Waals surface area contributed by atoms with Gasteiger partial charge in [-0.3, -0.25) is 29.9 Å². The van der Waals surface area contributed by atoms with Gasteiger partial charge in [0.2, 0.25) is 0 Å². The van der Waals surface area contributed by atoms with Crippen LogP contribution in [-0.2, 0) is 4.74 Å². The summed E-state index contributed by atoms with van der Waals surface area (Å²) in [7, 11) is 0. The molecular formula is C34H29N5O6. The van der Waals surface area contributed by atoms with Gasteiger partial charge in [0, 0.05) is 40.6 Å². The quantitative estimate of drug-likeness (QED) is 0.134. The molecule has 0 saturated carbocycles. The van der Waals surface area contributed by atoms with Crippen molar-refractivity contribution in [2.45, 2.75) is 26.2 Å². The topological polar surface area (TPSA) is 145 Å². The molecule has 11 heteroatoms. The minimum atomic E-state index is -0.732. The number of aromatic nitrogens is 4. The van der Waals surface area contributed by atoms with E-state index < -0.39 is 16.8 Å². The number of esters is 1. The van der Waals surface area contributed by atoms with Gasteiger partial charge in [0.1, 0.15) is 5.76 Å². The van der Waals surface area contributed by atoms with Gasteiger partial charge in [-0.2, -0.15) is 0 Å². The molecule has 11 nitrogen and oxygen atoms in total. The predicted octanol–water partition coefficient (Wildman–Crippen LogP) is 5.62. The number of benzene rings is 3. The molecule has 6 rings (SSSR count). The van der Waals surface area contributed by atoms with E-state index in [1.807, 2.05) is 80.6 Å². The first kappa shape index (κ1) is 29.1. The maximum absolute atomic E-state index is 14.0. The van der Waals surface area contributed by atoms with Crippen molar-refractivity contribution < 1.29 is 14.5 Å². The van der Waals surface area contributed by atoms with Gasteiger partial charge in [-0.1, -0.05) is 48.5 Å². The molecule has 226 valence electrons. The maximum atomic E-state index is 14.0. The molecule has 1 aliphatic rings. The van der Waals surface area contributed by atoms with Crippen molar-refractivity contribution in [2.24, 2.45) is 5.92 Å². The molecule has 0 aliphatic heterocycles. The lowest BCUT2D eigenvalue weighted by molar-refractivity contribution is -0.384. The Labute approximate surface area is 256 Å². The van der Waals surface area contributed by atoms with Crippen LogP contribution in [0.25, 0.3) is 11.4 Å². The van der Waals surface area contributed by atoms with Crippen LogP contribution in [0.3, 0.4) is 0 Å². The number of hydrogen-bond acceptors (Lipinski definition) is 6. The van der Waals surface area contributed by atoms with Crippen LogP contribution in [-0.4, -0.2) is 30.5 Å². The third-order valence-corrected chi connectivity index (χ3v) is 7.92. The highest BCUT2D eigenvalue weighted by atomic mass is 16.6. The van der Waals surface area contributed by atoms with E-state index in [9.17, 15) is 24.5 Å². The number of ether oxygens (including phenoxy) is 1. The second-order valence-corrected chi connectivity index (χ2v) is 10.8. The first-order valence-corrected chi connectivity index (χ1v) is 14.3. The SMILES string of the molecule is Cc1[nH]n(-c2ccccc2)c(=O)c1C(c1c(C)[nH]n(-c2ccccc2)c1=O)C1C=CC(OC(=O)c2cccc([N+](=O)[O-])c2)=CC1. The number of carbonyl (C=O) groups excluding carboxylic acids is 1. The summed E-state index contributed by atoms with van der Waals surface area (Å²) in [4.78, 5) is 51.4. The first-order chi connectivity index (χ1) is 21.7. The van der Waals surface area contributed by atoms with E-state index in [1.54, 1.807) is 12.2 Å². The Balaban J connectivity index is 1.38. The number of allylic oxidation sites excluding steroid dienone is 3. The third kappa shape index (κ3) is 5.58. The van der Waals surface area contributed by atoms with Gasteiger partial charge in [0.25, 0.3) is 16.8 Å². The van der Waals surface area contributed by atoms with Crippen LogP contribution in [0, 0.1) is 29.9 Å². The highest BCUT2D eigenvalue weighted by Crippen LogP contribution is 2.37. The lowest BCUT2D eigenvalue weighted by Crippen LogP contribution is -2.28. The summed E-state index contributed by atoms with van der Waals surface area (Å²) in [6.07, 6.45) is 5.54. The van der Waals surface area contributed by atoms with Crippen LogP contribution in [0.4, 0.5) is 5.69 Å². The Morgan fingerprint density at radius 3 is 1.91 bits per heavy atom. The molecule has 2 heterocycles. The van der Waals surface area contributed by atoms with Crippen molar-refractivity contribution in [3.63, 3.8) is 0 Å². The lowest BCUT2D eigenvalue weighted by atomic mass is 9.77. The van der Waals surface area contributed by atoms with Gasteiger partial charge < -0.3 is 4.74 Å². The number of rotatable bonds is 8. The molecule has 0 radical (unpaired) electrons. The zero-order chi connectivity index (χ0) is 31.7. The average Bonchev–Trinajstić information content (AvgIpc) is 3.52. The van der Waals surface area contributed by atoms with Crippen molar-refractivity contribution in [1.29, 1.82) is 0 Å². The molecule has 2 aromatic heterocycles. The summed E-state index contributed by atoms with van der Waals surface area (Å²) < 4.78 is 8.49. The third-order valence-electron chi connectivity index (χ3n) is 7.92. The summed E-state index contributed by atoms with van der Waals surface area (Å²) in [5, 5.41) is 17.5. The normalized spacial score (nSPS) is 14.4. The van der Waals surface area contributed by atoms with Crippen molar-refractivity contribution in [1.82, 2.24) is 19.6 Å². The number of nitrogens with one attached hydrogen (secondary N) is 2. The van der Waals surface area contributed by atoms with Crippen LogP contribution in [0.2, 0.25) is 0 Å². The Kier molecular flexibility index (Phi) is 7.74. The monoisotopic (exact) mass is 603 g/mol. The highest BCUT2D eigenvalue weighted by Gasteiger charge is 2.35. The molecule has 0 saturated heterocycles. The Morgan fingerprint density at radius 2 is 1.42 bits per heavy atom.